The molecule has 1 aromatic carbocycles. The maximum atomic E-state index is 12.5. The maximum Gasteiger partial charge on any atom is 0.416 e. The van der Waals surface area contributed by atoms with Crippen molar-refractivity contribution in [1.82, 2.24) is 10.6 Å². The normalized spacial score (nSPS) is 22.4. The molecule has 1 saturated heterocycles. The van der Waals surface area contributed by atoms with E-state index in [1.807, 2.05) is 13.8 Å². The Kier molecular flexibility index (Phi) is 7.51. The van der Waals surface area contributed by atoms with Crippen molar-refractivity contribution in [3.63, 3.8) is 0 Å². The van der Waals surface area contributed by atoms with Gasteiger partial charge >= 0.3 is 6.18 Å². The molecule has 1 fully saturated rings. The predicted molar refractivity (Wildman–Crippen MR) is 87.2 cm³/mol. The van der Waals surface area contributed by atoms with E-state index < -0.39 is 17.8 Å². The van der Waals surface area contributed by atoms with Gasteiger partial charge in [-0.2, -0.15) is 13.2 Å². The van der Waals surface area contributed by atoms with Crippen molar-refractivity contribution in [1.29, 1.82) is 0 Å². The smallest absolute Gasteiger partial charge is 0.375 e. The molecule has 0 aliphatic carbocycles. The van der Waals surface area contributed by atoms with E-state index in [9.17, 15) is 18.0 Å². The first kappa shape index (κ1) is 20.7. The Bertz CT molecular complexity index is 537. The lowest BCUT2D eigenvalue weighted by Gasteiger charge is -2.30. The number of halogens is 4. The van der Waals surface area contributed by atoms with E-state index in [1.165, 1.54) is 12.1 Å². The van der Waals surface area contributed by atoms with Crippen LogP contribution in [-0.2, 0) is 22.1 Å². The largest absolute Gasteiger partial charge is 0.416 e. The van der Waals surface area contributed by atoms with Gasteiger partial charge in [-0.1, -0.05) is 12.1 Å². The molecule has 1 amide bonds. The minimum Gasteiger partial charge on any atom is -0.375 e. The quantitative estimate of drug-likeness (QED) is 0.861. The van der Waals surface area contributed by atoms with E-state index >= 15 is 0 Å². The summed E-state index contributed by atoms with van der Waals surface area (Å²) in [6.45, 7) is 4.85. The molecule has 1 heterocycles. The summed E-state index contributed by atoms with van der Waals surface area (Å²) in [5.74, 6) is -0.156. The first-order chi connectivity index (χ1) is 10.8. The van der Waals surface area contributed by atoms with Crippen LogP contribution in [0.3, 0.4) is 0 Å². The highest BCUT2D eigenvalue weighted by Gasteiger charge is 2.30. The SMILES string of the molecule is CC(Cc1ccc(C(F)(F)F)cc1)NC(=O)[C@H]1NCCO[C@@H]1C.Cl. The number of hydrogen-bond donors (Lipinski definition) is 2. The summed E-state index contributed by atoms with van der Waals surface area (Å²) in [4.78, 5) is 12.2. The third-order valence-corrected chi connectivity index (χ3v) is 3.81. The number of alkyl halides is 3. The van der Waals surface area contributed by atoms with Gasteiger partial charge in [-0.3, -0.25) is 4.79 Å². The summed E-state index contributed by atoms with van der Waals surface area (Å²) in [5, 5.41) is 5.97. The van der Waals surface area contributed by atoms with Gasteiger partial charge in [0.1, 0.15) is 6.04 Å². The number of carbonyl (C=O) groups is 1. The van der Waals surface area contributed by atoms with Crippen LogP contribution in [0.2, 0.25) is 0 Å². The fraction of sp³-hybridized carbons (Fsp3) is 0.562. The molecule has 0 bridgehead atoms. The zero-order valence-electron chi connectivity index (χ0n) is 13.5. The Morgan fingerprint density at radius 3 is 2.54 bits per heavy atom. The topological polar surface area (TPSA) is 50.4 Å². The van der Waals surface area contributed by atoms with E-state index in [1.54, 1.807) is 0 Å². The van der Waals surface area contributed by atoms with Crippen LogP contribution in [0, 0.1) is 0 Å². The molecule has 1 aliphatic heterocycles. The van der Waals surface area contributed by atoms with Crippen LogP contribution in [0.4, 0.5) is 13.2 Å². The van der Waals surface area contributed by atoms with Crippen LogP contribution >= 0.6 is 12.4 Å². The second kappa shape index (κ2) is 8.69. The molecule has 24 heavy (non-hydrogen) atoms. The third kappa shape index (κ3) is 5.65. The second-order valence-electron chi connectivity index (χ2n) is 5.82. The second-order valence-corrected chi connectivity index (χ2v) is 5.82. The van der Waals surface area contributed by atoms with Gasteiger partial charge in [-0.05, 0) is 38.0 Å². The van der Waals surface area contributed by atoms with Crippen molar-refractivity contribution in [3.05, 3.63) is 35.4 Å². The van der Waals surface area contributed by atoms with Crippen molar-refractivity contribution < 1.29 is 22.7 Å². The molecule has 1 aliphatic rings. The fourth-order valence-electron chi connectivity index (χ4n) is 2.59. The van der Waals surface area contributed by atoms with Gasteiger partial charge in [-0.25, -0.2) is 0 Å². The molecule has 1 unspecified atom stereocenters. The predicted octanol–water partition coefficient (Wildman–Crippen LogP) is 2.55. The molecular formula is C16H22ClF3N2O2. The minimum atomic E-state index is -4.33. The molecule has 3 atom stereocenters. The molecule has 0 radical (unpaired) electrons. The lowest BCUT2D eigenvalue weighted by atomic mass is 10.0. The molecule has 2 N–H and O–H groups in total. The average Bonchev–Trinajstić information content (AvgIpc) is 2.47. The summed E-state index contributed by atoms with van der Waals surface area (Å²) in [6, 6.07) is 4.41. The zero-order chi connectivity index (χ0) is 17.0. The number of benzene rings is 1. The summed E-state index contributed by atoms with van der Waals surface area (Å²) in [7, 11) is 0. The Morgan fingerprint density at radius 2 is 2.00 bits per heavy atom. The average molecular weight is 367 g/mol. The highest BCUT2D eigenvalue weighted by molar-refractivity contribution is 5.85. The van der Waals surface area contributed by atoms with E-state index in [0.29, 0.717) is 19.6 Å². The Balaban J connectivity index is 0.00000288. The van der Waals surface area contributed by atoms with Gasteiger partial charge in [0, 0.05) is 12.6 Å². The Hall–Kier alpha value is -1.31. The van der Waals surface area contributed by atoms with E-state index in [2.05, 4.69) is 10.6 Å². The van der Waals surface area contributed by atoms with Gasteiger partial charge in [0.2, 0.25) is 5.91 Å². The summed E-state index contributed by atoms with van der Waals surface area (Å²) >= 11 is 0. The van der Waals surface area contributed by atoms with Crippen molar-refractivity contribution in [2.45, 2.75) is 44.6 Å². The Labute approximate surface area is 145 Å². The van der Waals surface area contributed by atoms with E-state index in [-0.39, 0.29) is 30.5 Å². The van der Waals surface area contributed by atoms with Crippen molar-refractivity contribution in [3.8, 4) is 0 Å². The van der Waals surface area contributed by atoms with Crippen LogP contribution in [0.15, 0.2) is 24.3 Å². The molecule has 0 saturated carbocycles. The van der Waals surface area contributed by atoms with Crippen LogP contribution in [-0.4, -0.2) is 37.2 Å². The summed E-state index contributed by atoms with van der Waals surface area (Å²) in [6.07, 6.45) is -4.07. The minimum absolute atomic E-state index is 0. The number of morpholine rings is 1. The van der Waals surface area contributed by atoms with Crippen molar-refractivity contribution >= 4 is 18.3 Å². The molecule has 4 nitrogen and oxygen atoms in total. The lowest BCUT2D eigenvalue weighted by molar-refractivity contribution is -0.137. The monoisotopic (exact) mass is 366 g/mol. The number of ether oxygens (including phenoxy) is 1. The highest BCUT2D eigenvalue weighted by atomic mass is 35.5. The lowest BCUT2D eigenvalue weighted by Crippen LogP contribution is -2.56. The van der Waals surface area contributed by atoms with Gasteiger partial charge in [0.15, 0.2) is 0 Å². The number of rotatable bonds is 4. The van der Waals surface area contributed by atoms with Gasteiger partial charge < -0.3 is 15.4 Å². The van der Waals surface area contributed by atoms with Gasteiger partial charge in [-0.15, -0.1) is 12.4 Å². The van der Waals surface area contributed by atoms with E-state index in [0.717, 1.165) is 17.7 Å². The molecule has 1 aromatic rings. The maximum absolute atomic E-state index is 12.5. The number of carbonyl (C=O) groups excluding carboxylic acids is 1. The van der Waals surface area contributed by atoms with Crippen LogP contribution < -0.4 is 10.6 Å². The van der Waals surface area contributed by atoms with Gasteiger partial charge in [0.05, 0.1) is 18.3 Å². The molecule has 136 valence electrons. The zero-order valence-corrected chi connectivity index (χ0v) is 14.3. The van der Waals surface area contributed by atoms with Crippen LogP contribution in [0.1, 0.15) is 25.0 Å². The number of hydrogen-bond acceptors (Lipinski definition) is 3. The highest BCUT2D eigenvalue weighted by Crippen LogP contribution is 2.29. The van der Waals surface area contributed by atoms with Crippen molar-refractivity contribution in [2.75, 3.05) is 13.2 Å². The molecule has 2 rings (SSSR count). The fourth-order valence-corrected chi connectivity index (χ4v) is 2.59. The van der Waals surface area contributed by atoms with E-state index in [4.69, 9.17) is 4.74 Å². The molecule has 8 heteroatoms. The van der Waals surface area contributed by atoms with Crippen LogP contribution in [0.25, 0.3) is 0 Å². The standard InChI is InChI=1S/C16H21F3N2O2.ClH/c1-10(21-15(22)14-11(2)23-8-7-20-14)9-12-3-5-13(6-4-12)16(17,18)19;/h3-6,10-11,14,20H,7-9H2,1-2H3,(H,21,22);1H/t10?,11-,14+;/m1./s1. The first-order valence-corrected chi connectivity index (χ1v) is 7.59. The molecular weight excluding hydrogens is 345 g/mol. The van der Waals surface area contributed by atoms with Gasteiger partial charge in [0.25, 0.3) is 0 Å². The first-order valence-electron chi connectivity index (χ1n) is 7.59. The number of amides is 1. The third-order valence-electron chi connectivity index (χ3n) is 3.81. The summed E-state index contributed by atoms with van der Waals surface area (Å²) in [5.41, 5.74) is 0.0713. The Morgan fingerprint density at radius 1 is 1.38 bits per heavy atom. The summed E-state index contributed by atoms with van der Waals surface area (Å²) < 4.78 is 43.0. The number of nitrogens with one attached hydrogen (secondary N) is 2. The van der Waals surface area contributed by atoms with Crippen molar-refractivity contribution in [2.24, 2.45) is 0 Å². The molecule has 0 aromatic heterocycles. The van der Waals surface area contributed by atoms with Crippen LogP contribution in [0.5, 0.6) is 0 Å². The molecule has 0 spiro atoms.